The Hall–Kier alpha value is -4.78. The van der Waals surface area contributed by atoms with Gasteiger partial charge in [-0.05, 0) is 67.6 Å². The second-order valence-corrected chi connectivity index (χ2v) is 11.7. The summed E-state index contributed by atoms with van der Waals surface area (Å²) in [5.74, 6) is 1.12. The van der Waals surface area contributed by atoms with Gasteiger partial charge < -0.3 is 24.3 Å². The lowest BCUT2D eigenvalue weighted by molar-refractivity contribution is -0.121. The van der Waals surface area contributed by atoms with E-state index in [4.69, 9.17) is 9.47 Å². The Labute approximate surface area is 264 Å². The summed E-state index contributed by atoms with van der Waals surface area (Å²) in [5, 5.41) is 5.44. The van der Waals surface area contributed by atoms with Gasteiger partial charge in [-0.15, -0.1) is 0 Å². The average Bonchev–Trinajstić information content (AvgIpc) is 3.42. The largest absolute Gasteiger partial charge is 0.493 e. The summed E-state index contributed by atoms with van der Waals surface area (Å²) in [7, 11) is 3.17. The van der Waals surface area contributed by atoms with Crippen LogP contribution in [0.15, 0.2) is 91.0 Å². The molecule has 0 aliphatic carbocycles. The SMILES string of the molecule is CCCNC(=O)CCCCC1CC(n2c3ccccc3c3ccccc32)c2ccccc2N1C(=O)c1ccc(OC)c(OC)c1. The van der Waals surface area contributed by atoms with Crippen LogP contribution < -0.4 is 19.7 Å². The van der Waals surface area contributed by atoms with E-state index in [0.717, 1.165) is 43.4 Å². The third-order valence-electron chi connectivity index (χ3n) is 8.96. The average molecular weight is 604 g/mol. The number of hydrogen-bond acceptors (Lipinski definition) is 4. The van der Waals surface area contributed by atoms with Crippen LogP contribution in [-0.4, -0.2) is 43.2 Å². The number of para-hydroxylation sites is 3. The number of hydrogen-bond donors (Lipinski definition) is 1. The van der Waals surface area contributed by atoms with E-state index in [0.29, 0.717) is 30.0 Å². The zero-order chi connectivity index (χ0) is 31.3. The molecule has 1 N–H and O–H groups in total. The summed E-state index contributed by atoms with van der Waals surface area (Å²) < 4.78 is 13.5. The Morgan fingerprint density at radius 3 is 2.18 bits per heavy atom. The minimum absolute atomic E-state index is 0.0262. The van der Waals surface area contributed by atoms with Crippen molar-refractivity contribution in [2.45, 2.75) is 57.5 Å². The van der Waals surface area contributed by atoms with Crippen LogP contribution in [0.25, 0.3) is 21.8 Å². The molecular weight excluding hydrogens is 562 g/mol. The number of unbranched alkanes of at least 4 members (excludes halogenated alkanes) is 1. The first-order valence-corrected chi connectivity index (χ1v) is 15.9. The molecule has 1 aliphatic rings. The third kappa shape index (κ3) is 5.87. The van der Waals surface area contributed by atoms with Gasteiger partial charge in [-0.2, -0.15) is 0 Å². The zero-order valence-electron chi connectivity index (χ0n) is 26.3. The topological polar surface area (TPSA) is 72.8 Å². The molecule has 1 aromatic heterocycles. The summed E-state index contributed by atoms with van der Waals surface area (Å²) >= 11 is 0. The minimum atomic E-state index is -0.0795. The van der Waals surface area contributed by atoms with E-state index >= 15 is 0 Å². The molecule has 7 heteroatoms. The van der Waals surface area contributed by atoms with Crippen molar-refractivity contribution in [1.29, 1.82) is 0 Å². The van der Waals surface area contributed by atoms with Gasteiger partial charge in [0.05, 0.1) is 20.3 Å². The first-order valence-electron chi connectivity index (χ1n) is 15.9. The molecule has 2 unspecified atom stereocenters. The van der Waals surface area contributed by atoms with Crippen molar-refractivity contribution in [2.24, 2.45) is 0 Å². The predicted octanol–water partition coefficient (Wildman–Crippen LogP) is 7.91. The normalized spacial score (nSPS) is 16.0. The van der Waals surface area contributed by atoms with Gasteiger partial charge in [0.2, 0.25) is 5.91 Å². The highest BCUT2D eigenvalue weighted by Gasteiger charge is 2.38. The molecule has 7 nitrogen and oxygen atoms in total. The van der Waals surface area contributed by atoms with Crippen molar-refractivity contribution in [3.63, 3.8) is 0 Å². The Morgan fingerprint density at radius 1 is 0.822 bits per heavy atom. The first kappa shape index (κ1) is 30.3. The monoisotopic (exact) mass is 603 g/mol. The van der Waals surface area contributed by atoms with Crippen LogP contribution in [0, 0.1) is 0 Å². The van der Waals surface area contributed by atoms with E-state index in [1.165, 1.54) is 21.8 Å². The van der Waals surface area contributed by atoms with Crippen molar-refractivity contribution >= 4 is 39.3 Å². The number of benzene rings is 4. The van der Waals surface area contributed by atoms with Gasteiger partial charge in [-0.1, -0.05) is 67.9 Å². The molecule has 45 heavy (non-hydrogen) atoms. The maximum Gasteiger partial charge on any atom is 0.258 e. The van der Waals surface area contributed by atoms with Crippen LogP contribution in [0.2, 0.25) is 0 Å². The van der Waals surface area contributed by atoms with Gasteiger partial charge in [0.1, 0.15) is 0 Å². The number of anilines is 1. The summed E-state index contributed by atoms with van der Waals surface area (Å²) in [4.78, 5) is 28.8. The number of nitrogens with zero attached hydrogens (tertiary/aromatic N) is 2. The molecule has 0 saturated carbocycles. The van der Waals surface area contributed by atoms with Crippen molar-refractivity contribution in [1.82, 2.24) is 9.88 Å². The third-order valence-corrected chi connectivity index (χ3v) is 8.96. The van der Waals surface area contributed by atoms with Gasteiger partial charge in [0.25, 0.3) is 5.91 Å². The highest BCUT2D eigenvalue weighted by Crippen LogP contribution is 2.45. The van der Waals surface area contributed by atoms with Gasteiger partial charge in [0, 0.05) is 52.1 Å². The number of ether oxygens (including phenoxy) is 2. The van der Waals surface area contributed by atoms with Gasteiger partial charge >= 0.3 is 0 Å². The number of methoxy groups -OCH3 is 2. The lowest BCUT2D eigenvalue weighted by Gasteiger charge is -2.42. The second kappa shape index (κ2) is 13.5. The van der Waals surface area contributed by atoms with Crippen LogP contribution >= 0.6 is 0 Å². The van der Waals surface area contributed by atoms with Gasteiger partial charge in [-0.3, -0.25) is 9.59 Å². The minimum Gasteiger partial charge on any atom is -0.493 e. The molecule has 2 atom stereocenters. The lowest BCUT2D eigenvalue weighted by atomic mass is 9.87. The van der Waals surface area contributed by atoms with E-state index in [-0.39, 0.29) is 23.9 Å². The molecule has 232 valence electrons. The number of amides is 2. The molecule has 0 bridgehead atoms. The molecule has 6 rings (SSSR count). The number of carbonyl (C=O) groups excluding carboxylic acids is 2. The Kier molecular flexibility index (Phi) is 9.06. The Bertz CT molecular complexity index is 1770. The van der Waals surface area contributed by atoms with E-state index in [1.54, 1.807) is 32.4 Å². The van der Waals surface area contributed by atoms with Crippen LogP contribution in [0.3, 0.4) is 0 Å². The van der Waals surface area contributed by atoms with Crippen molar-refractivity contribution in [3.05, 3.63) is 102 Å². The van der Waals surface area contributed by atoms with E-state index in [1.807, 2.05) is 11.0 Å². The number of aromatic nitrogens is 1. The molecule has 2 amide bonds. The summed E-state index contributed by atoms with van der Waals surface area (Å²) in [6.07, 6.45) is 4.55. The molecule has 0 saturated heterocycles. The standard InChI is InChI=1S/C38H41N3O4/c1-4-23-39-37(42)20-12-5-13-27-25-34(41-31-17-9-6-14-28(31)29-15-7-10-18-32(29)41)30-16-8-11-19-33(30)40(27)38(43)26-21-22-35(44-2)36(24-26)45-3/h6-11,14-19,21-22,24,27,34H,4-5,12-13,20,23,25H2,1-3H3,(H,39,42). The predicted molar refractivity (Wildman–Crippen MR) is 181 cm³/mol. The Balaban J connectivity index is 1.42. The highest BCUT2D eigenvalue weighted by atomic mass is 16.5. The van der Waals surface area contributed by atoms with Crippen LogP contribution in [0.4, 0.5) is 5.69 Å². The highest BCUT2D eigenvalue weighted by molar-refractivity contribution is 6.09. The summed E-state index contributed by atoms with van der Waals surface area (Å²) in [6, 6.07) is 30.8. The number of fused-ring (bicyclic) bond motifs is 4. The van der Waals surface area contributed by atoms with E-state index in [2.05, 4.69) is 83.5 Å². The smallest absolute Gasteiger partial charge is 0.258 e. The van der Waals surface area contributed by atoms with E-state index < -0.39 is 0 Å². The van der Waals surface area contributed by atoms with Crippen molar-refractivity contribution in [3.8, 4) is 11.5 Å². The first-order chi connectivity index (χ1) is 22.0. The van der Waals surface area contributed by atoms with Crippen LogP contribution in [-0.2, 0) is 4.79 Å². The van der Waals surface area contributed by atoms with Crippen molar-refractivity contribution < 1.29 is 19.1 Å². The van der Waals surface area contributed by atoms with Crippen LogP contribution in [0.1, 0.15) is 67.4 Å². The Morgan fingerprint density at radius 2 is 1.49 bits per heavy atom. The van der Waals surface area contributed by atoms with Gasteiger partial charge in [-0.25, -0.2) is 0 Å². The zero-order valence-corrected chi connectivity index (χ0v) is 26.3. The van der Waals surface area contributed by atoms with E-state index in [9.17, 15) is 9.59 Å². The fourth-order valence-corrected chi connectivity index (χ4v) is 6.86. The fraction of sp³-hybridized carbons (Fsp3) is 0.316. The number of nitrogens with one attached hydrogen (secondary N) is 1. The number of carbonyl (C=O) groups is 2. The maximum atomic E-state index is 14.5. The second-order valence-electron chi connectivity index (χ2n) is 11.7. The number of rotatable bonds is 11. The fourth-order valence-electron chi connectivity index (χ4n) is 6.86. The molecule has 0 radical (unpaired) electrons. The summed E-state index contributed by atoms with van der Waals surface area (Å²) in [5.41, 5.74) is 4.95. The molecule has 0 spiro atoms. The van der Waals surface area contributed by atoms with Crippen molar-refractivity contribution in [2.75, 3.05) is 25.7 Å². The molecule has 4 aromatic carbocycles. The molecule has 0 fully saturated rings. The summed E-state index contributed by atoms with van der Waals surface area (Å²) in [6.45, 7) is 2.76. The molecule has 1 aliphatic heterocycles. The molecular formula is C38H41N3O4. The van der Waals surface area contributed by atoms with Crippen LogP contribution in [0.5, 0.6) is 11.5 Å². The molecule has 5 aromatic rings. The molecule has 2 heterocycles. The lowest BCUT2D eigenvalue weighted by Crippen LogP contribution is -2.46. The quantitative estimate of drug-likeness (QED) is 0.156. The van der Waals surface area contributed by atoms with Gasteiger partial charge in [0.15, 0.2) is 11.5 Å². The maximum absolute atomic E-state index is 14.5.